The molecule has 1 saturated heterocycles. The Morgan fingerprint density at radius 3 is 2.53 bits per heavy atom. The van der Waals surface area contributed by atoms with Crippen molar-refractivity contribution >= 4 is 29.1 Å². The predicted molar refractivity (Wildman–Crippen MR) is 118 cm³/mol. The SMILES string of the molecule is Cl.NC1(c2noc(C3CCN(C(=O)c4cccc5ccccc45)CC3)n2)CCCC1. The van der Waals surface area contributed by atoms with Gasteiger partial charge in [0.05, 0.1) is 5.54 Å². The Hall–Kier alpha value is -2.44. The van der Waals surface area contributed by atoms with Crippen molar-refractivity contribution in [2.75, 3.05) is 13.1 Å². The monoisotopic (exact) mass is 426 g/mol. The molecule has 0 spiro atoms. The molecule has 7 heteroatoms. The lowest BCUT2D eigenvalue weighted by Gasteiger charge is -2.30. The number of halogens is 1. The molecule has 2 heterocycles. The van der Waals surface area contributed by atoms with Crippen LogP contribution in [0.2, 0.25) is 0 Å². The fourth-order valence-electron chi connectivity index (χ4n) is 4.74. The van der Waals surface area contributed by atoms with Crippen LogP contribution in [0.1, 0.15) is 66.5 Å². The van der Waals surface area contributed by atoms with E-state index < -0.39 is 5.54 Å². The smallest absolute Gasteiger partial charge is 0.254 e. The number of hydrogen-bond acceptors (Lipinski definition) is 5. The Balaban J connectivity index is 0.00000218. The number of fused-ring (bicyclic) bond motifs is 1. The summed E-state index contributed by atoms with van der Waals surface area (Å²) >= 11 is 0. The van der Waals surface area contributed by atoms with E-state index >= 15 is 0 Å². The van der Waals surface area contributed by atoms with E-state index in [1.807, 2.05) is 47.4 Å². The summed E-state index contributed by atoms with van der Waals surface area (Å²) in [4.78, 5) is 19.7. The number of hydrogen-bond donors (Lipinski definition) is 1. The van der Waals surface area contributed by atoms with E-state index in [1.165, 1.54) is 0 Å². The number of benzene rings is 2. The van der Waals surface area contributed by atoms with Crippen LogP contribution in [0.4, 0.5) is 0 Å². The number of carbonyl (C=O) groups excluding carboxylic acids is 1. The lowest BCUT2D eigenvalue weighted by Crippen LogP contribution is -2.38. The van der Waals surface area contributed by atoms with Gasteiger partial charge in [-0.05, 0) is 42.5 Å². The highest BCUT2D eigenvalue weighted by atomic mass is 35.5. The van der Waals surface area contributed by atoms with E-state index in [-0.39, 0.29) is 24.2 Å². The van der Waals surface area contributed by atoms with Gasteiger partial charge in [-0.3, -0.25) is 4.79 Å². The minimum absolute atomic E-state index is 0. The summed E-state index contributed by atoms with van der Waals surface area (Å²) in [6.45, 7) is 1.39. The number of aromatic nitrogens is 2. The van der Waals surface area contributed by atoms with Gasteiger partial charge < -0.3 is 15.2 Å². The average molecular weight is 427 g/mol. The standard InChI is InChI=1S/C23H26N4O2.ClH/c24-23(12-3-4-13-23)22-25-20(29-26-22)17-10-14-27(15-11-17)21(28)19-9-5-7-16-6-1-2-8-18(16)19;/h1-2,5-9,17H,3-4,10-15,24H2;1H. The molecule has 1 saturated carbocycles. The first-order valence-electron chi connectivity index (χ1n) is 10.5. The molecule has 0 unspecified atom stereocenters. The van der Waals surface area contributed by atoms with Crippen molar-refractivity contribution in [2.45, 2.75) is 50.0 Å². The number of carbonyl (C=O) groups is 1. The molecular formula is C23H27ClN4O2. The number of likely N-dealkylation sites (tertiary alicyclic amines) is 1. The van der Waals surface area contributed by atoms with E-state index in [0.717, 1.165) is 54.9 Å². The Bertz CT molecular complexity index is 1030. The zero-order valence-corrected chi connectivity index (χ0v) is 17.7. The molecule has 2 aromatic carbocycles. The molecular weight excluding hydrogens is 400 g/mol. The molecule has 30 heavy (non-hydrogen) atoms. The summed E-state index contributed by atoms with van der Waals surface area (Å²) in [5.41, 5.74) is 6.80. The van der Waals surface area contributed by atoms with Gasteiger partial charge in [0.2, 0.25) is 5.89 Å². The van der Waals surface area contributed by atoms with Crippen LogP contribution < -0.4 is 5.73 Å². The molecule has 0 atom stereocenters. The minimum atomic E-state index is -0.424. The molecule has 0 radical (unpaired) electrons. The predicted octanol–water partition coefficient (Wildman–Crippen LogP) is 4.39. The molecule has 2 aliphatic rings. The fraction of sp³-hybridized carbons (Fsp3) is 0.435. The number of nitrogens with two attached hydrogens (primary N) is 1. The van der Waals surface area contributed by atoms with Gasteiger partial charge in [-0.25, -0.2) is 0 Å². The lowest BCUT2D eigenvalue weighted by molar-refractivity contribution is 0.0706. The molecule has 1 aromatic heterocycles. The van der Waals surface area contributed by atoms with Gasteiger partial charge in [0, 0.05) is 24.6 Å². The van der Waals surface area contributed by atoms with Crippen molar-refractivity contribution in [3.8, 4) is 0 Å². The topological polar surface area (TPSA) is 85.2 Å². The first-order valence-corrected chi connectivity index (χ1v) is 10.5. The van der Waals surface area contributed by atoms with E-state index in [4.69, 9.17) is 10.3 Å². The molecule has 158 valence electrons. The molecule has 6 nitrogen and oxygen atoms in total. The maximum atomic E-state index is 13.1. The van der Waals surface area contributed by atoms with Gasteiger partial charge >= 0.3 is 0 Å². The first kappa shape index (κ1) is 20.8. The zero-order valence-electron chi connectivity index (χ0n) is 16.9. The molecule has 3 aromatic rings. The van der Waals surface area contributed by atoms with Crippen LogP contribution in [0, 0.1) is 0 Å². The highest BCUT2D eigenvalue weighted by Gasteiger charge is 2.37. The molecule has 5 rings (SSSR count). The van der Waals surface area contributed by atoms with Gasteiger partial charge in [0.25, 0.3) is 5.91 Å². The summed E-state index contributed by atoms with van der Waals surface area (Å²) in [5.74, 6) is 1.62. The molecule has 1 amide bonds. The second kappa shape index (κ2) is 8.36. The second-order valence-electron chi connectivity index (χ2n) is 8.41. The third-order valence-electron chi connectivity index (χ3n) is 6.53. The third-order valence-corrected chi connectivity index (χ3v) is 6.53. The summed E-state index contributed by atoms with van der Waals surface area (Å²) in [6.07, 6.45) is 5.74. The van der Waals surface area contributed by atoms with Crippen LogP contribution in [-0.4, -0.2) is 34.0 Å². The number of amides is 1. The lowest BCUT2D eigenvalue weighted by atomic mass is 9.95. The van der Waals surface area contributed by atoms with E-state index in [9.17, 15) is 4.79 Å². The van der Waals surface area contributed by atoms with Crippen molar-refractivity contribution in [2.24, 2.45) is 5.73 Å². The van der Waals surface area contributed by atoms with E-state index in [1.54, 1.807) is 0 Å². The van der Waals surface area contributed by atoms with E-state index in [0.29, 0.717) is 24.8 Å². The summed E-state index contributed by atoms with van der Waals surface area (Å²) in [5, 5.41) is 6.29. The third kappa shape index (κ3) is 3.70. The van der Waals surface area contributed by atoms with Crippen molar-refractivity contribution in [1.82, 2.24) is 15.0 Å². The van der Waals surface area contributed by atoms with Crippen LogP contribution in [-0.2, 0) is 5.54 Å². The number of piperidine rings is 1. The Morgan fingerprint density at radius 1 is 1.07 bits per heavy atom. The van der Waals surface area contributed by atoms with Gasteiger partial charge in [-0.2, -0.15) is 4.98 Å². The Kier molecular flexibility index (Phi) is 5.80. The average Bonchev–Trinajstić information content (AvgIpc) is 3.43. The molecule has 1 aliphatic carbocycles. The fourth-order valence-corrected chi connectivity index (χ4v) is 4.74. The van der Waals surface area contributed by atoms with Gasteiger partial charge in [0.15, 0.2) is 5.82 Å². The maximum Gasteiger partial charge on any atom is 0.254 e. The quantitative estimate of drug-likeness (QED) is 0.671. The summed E-state index contributed by atoms with van der Waals surface area (Å²) in [6, 6.07) is 13.9. The molecule has 0 bridgehead atoms. The van der Waals surface area contributed by atoms with Crippen LogP contribution in [0.25, 0.3) is 10.8 Å². The minimum Gasteiger partial charge on any atom is -0.339 e. The number of nitrogens with zero attached hydrogens (tertiary/aromatic N) is 3. The zero-order chi connectivity index (χ0) is 19.8. The van der Waals surface area contributed by atoms with Crippen LogP contribution in [0.15, 0.2) is 47.0 Å². The largest absolute Gasteiger partial charge is 0.339 e. The van der Waals surface area contributed by atoms with Crippen molar-refractivity contribution in [3.05, 3.63) is 59.7 Å². The molecule has 2 N–H and O–H groups in total. The van der Waals surface area contributed by atoms with Gasteiger partial charge in [-0.1, -0.05) is 54.4 Å². The maximum absolute atomic E-state index is 13.1. The van der Waals surface area contributed by atoms with Crippen LogP contribution >= 0.6 is 12.4 Å². The highest BCUT2D eigenvalue weighted by molar-refractivity contribution is 6.07. The van der Waals surface area contributed by atoms with Crippen LogP contribution in [0.3, 0.4) is 0 Å². The molecule has 1 aliphatic heterocycles. The second-order valence-corrected chi connectivity index (χ2v) is 8.41. The van der Waals surface area contributed by atoms with Crippen molar-refractivity contribution in [1.29, 1.82) is 0 Å². The highest BCUT2D eigenvalue weighted by Crippen LogP contribution is 2.36. The normalized spacial score (nSPS) is 19.0. The first-order chi connectivity index (χ1) is 14.1. The summed E-state index contributed by atoms with van der Waals surface area (Å²) < 4.78 is 5.58. The van der Waals surface area contributed by atoms with Gasteiger partial charge in [0.1, 0.15) is 0 Å². The van der Waals surface area contributed by atoms with Gasteiger partial charge in [-0.15, -0.1) is 12.4 Å². The van der Waals surface area contributed by atoms with E-state index in [2.05, 4.69) is 10.1 Å². The Labute approximate surface area is 182 Å². The Morgan fingerprint density at radius 2 is 1.77 bits per heavy atom. The summed E-state index contributed by atoms with van der Waals surface area (Å²) in [7, 11) is 0. The van der Waals surface area contributed by atoms with Crippen molar-refractivity contribution < 1.29 is 9.32 Å². The number of rotatable bonds is 3. The van der Waals surface area contributed by atoms with Crippen molar-refractivity contribution in [3.63, 3.8) is 0 Å². The molecule has 2 fully saturated rings. The van der Waals surface area contributed by atoms with Crippen LogP contribution in [0.5, 0.6) is 0 Å².